The van der Waals surface area contributed by atoms with Crippen molar-refractivity contribution in [1.29, 1.82) is 0 Å². The zero-order valence-electron chi connectivity index (χ0n) is 12.7. The number of nitrogens with one attached hydrogen (secondary N) is 1. The van der Waals surface area contributed by atoms with Gasteiger partial charge in [-0.2, -0.15) is 0 Å². The fourth-order valence-corrected chi connectivity index (χ4v) is 3.01. The fraction of sp³-hybridized carbons (Fsp3) is 0.375. The van der Waals surface area contributed by atoms with Crippen molar-refractivity contribution in [2.75, 3.05) is 37.0 Å². The van der Waals surface area contributed by atoms with E-state index in [4.69, 9.17) is 16.3 Å². The van der Waals surface area contributed by atoms with E-state index >= 15 is 0 Å². The highest BCUT2D eigenvalue weighted by molar-refractivity contribution is 6.32. The Morgan fingerprint density at radius 3 is 2.91 bits per heavy atom. The Morgan fingerprint density at radius 1 is 1.32 bits per heavy atom. The molecule has 1 atom stereocenters. The summed E-state index contributed by atoms with van der Waals surface area (Å²) in [5.41, 5.74) is 3.22. The summed E-state index contributed by atoms with van der Waals surface area (Å²) in [7, 11) is 1.83. The Balaban J connectivity index is 1.88. The van der Waals surface area contributed by atoms with E-state index in [2.05, 4.69) is 39.2 Å². The van der Waals surface area contributed by atoms with Gasteiger partial charge in [-0.25, -0.2) is 9.97 Å². The maximum absolute atomic E-state index is 6.16. The molecule has 3 rings (SSSR count). The highest BCUT2D eigenvalue weighted by Crippen LogP contribution is 2.33. The monoisotopic (exact) mass is 318 g/mol. The van der Waals surface area contributed by atoms with Gasteiger partial charge < -0.3 is 15.0 Å². The van der Waals surface area contributed by atoms with E-state index in [0.717, 1.165) is 24.6 Å². The number of anilines is 2. The van der Waals surface area contributed by atoms with Crippen LogP contribution in [0.2, 0.25) is 5.15 Å². The van der Waals surface area contributed by atoms with Gasteiger partial charge in [0, 0.05) is 20.1 Å². The third kappa shape index (κ3) is 2.87. The second-order valence-electron chi connectivity index (χ2n) is 5.28. The van der Waals surface area contributed by atoms with E-state index in [1.807, 2.05) is 19.2 Å². The Morgan fingerprint density at radius 2 is 2.14 bits per heavy atom. The van der Waals surface area contributed by atoms with Crippen molar-refractivity contribution in [3.8, 4) is 0 Å². The van der Waals surface area contributed by atoms with Crippen molar-refractivity contribution in [3.63, 3.8) is 0 Å². The molecule has 22 heavy (non-hydrogen) atoms. The van der Waals surface area contributed by atoms with Gasteiger partial charge in [0.15, 0.2) is 11.0 Å². The number of ether oxygens (including phenoxy) is 1. The molecule has 1 unspecified atom stereocenters. The van der Waals surface area contributed by atoms with Crippen molar-refractivity contribution < 1.29 is 4.74 Å². The molecule has 2 heterocycles. The Kier molecular flexibility index (Phi) is 4.45. The van der Waals surface area contributed by atoms with Crippen molar-refractivity contribution in [2.45, 2.75) is 13.0 Å². The van der Waals surface area contributed by atoms with E-state index in [0.29, 0.717) is 11.8 Å². The van der Waals surface area contributed by atoms with Crippen LogP contribution in [0, 0.1) is 6.92 Å². The van der Waals surface area contributed by atoms with Crippen molar-refractivity contribution in [3.05, 3.63) is 46.9 Å². The molecule has 0 saturated carbocycles. The molecule has 1 saturated heterocycles. The van der Waals surface area contributed by atoms with Crippen LogP contribution in [0.25, 0.3) is 0 Å². The lowest BCUT2D eigenvalue weighted by molar-refractivity contribution is 0.0392. The first-order valence-corrected chi connectivity index (χ1v) is 7.69. The minimum Gasteiger partial charge on any atom is -0.383 e. The predicted molar refractivity (Wildman–Crippen MR) is 88.7 cm³/mol. The average molecular weight is 319 g/mol. The molecule has 116 valence electrons. The molecule has 1 aliphatic heterocycles. The maximum Gasteiger partial charge on any atom is 0.157 e. The minimum absolute atomic E-state index is 0.0356. The van der Waals surface area contributed by atoms with Crippen LogP contribution >= 0.6 is 11.6 Å². The van der Waals surface area contributed by atoms with Crippen LogP contribution in [0.1, 0.15) is 17.2 Å². The first-order chi connectivity index (χ1) is 10.7. The third-order valence-corrected chi connectivity index (χ3v) is 4.22. The molecule has 0 aliphatic carbocycles. The van der Waals surface area contributed by atoms with Gasteiger partial charge in [0.1, 0.15) is 18.1 Å². The molecule has 0 radical (unpaired) electrons. The summed E-state index contributed by atoms with van der Waals surface area (Å²) < 4.78 is 5.96. The largest absolute Gasteiger partial charge is 0.383 e. The molecule has 6 heteroatoms. The summed E-state index contributed by atoms with van der Waals surface area (Å²) in [5, 5.41) is 3.52. The van der Waals surface area contributed by atoms with Gasteiger partial charge in [0.05, 0.1) is 6.61 Å². The predicted octanol–water partition coefficient (Wildman–Crippen LogP) is 3.06. The summed E-state index contributed by atoms with van der Waals surface area (Å²) in [4.78, 5) is 10.6. The van der Waals surface area contributed by atoms with Crippen LogP contribution in [-0.4, -0.2) is 36.7 Å². The van der Waals surface area contributed by atoms with E-state index in [9.17, 15) is 0 Å². The SMILES string of the molecule is CNc1c(Cl)ncnc1N1CCOC(c2ccccc2C)C1. The Bertz CT molecular complexity index is 664. The normalized spacial score (nSPS) is 18.3. The average Bonchev–Trinajstić information content (AvgIpc) is 2.55. The van der Waals surface area contributed by atoms with E-state index in [1.165, 1.54) is 17.5 Å². The van der Waals surface area contributed by atoms with Crippen LogP contribution in [-0.2, 0) is 4.74 Å². The van der Waals surface area contributed by atoms with Gasteiger partial charge in [-0.15, -0.1) is 0 Å². The lowest BCUT2D eigenvalue weighted by Gasteiger charge is -2.35. The van der Waals surface area contributed by atoms with Gasteiger partial charge in [-0.1, -0.05) is 35.9 Å². The molecule has 5 nitrogen and oxygen atoms in total. The van der Waals surface area contributed by atoms with Crippen LogP contribution in [0.3, 0.4) is 0 Å². The number of nitrogens with zero attached hydrogens (tertiary/aromatic N) is 3. The van der Waals surface area contributed by atoms with Gasteiger partial charge in [-0.05, 0) is 18.1 Å². The highest BCUT2D eigenvalue weighted by Gasteiger charge is 2.26. The minimum atomic E-state index is 0.0356. The summed E-state index contributed by atoms with van der Waals surface area (Å²) in [6.07, 6.45) is 1.53. The molecule has 1 aliphatic rings. The molecule has 0 amide bonds. The molecule has 1 fully saturated rings. The van der Waals surface area contributed by atoms with Crippen LogP contribution < -0.4 is 10.2 Å². The third-order valence-electron chi connectivity index (χ3n) is 3.93. The number of rotatable bonds is 3. The lowest BCUT2D eigenvalue weighted by Crippen LogP contribution is -2.39. The molecular weight excluding hydrogens is 300 g/mol. The number of hydrogen-bond acceptors (Lipinski definition) is 5. The fourth-order valence-electron chi connectivity index (χ4n) is 2.79. The smallest absolute Gasteiger partial charge is 0.157 e. The summed E-state index contributed by atoms with van der Waals surface area (Å²) in [6, 6.07) is 8.32. The summed E-state index contributed by atoms with van der Waals surface area (Å²) in [6.45, 7) is 4.29. The number of benzene rings is 1. The standard InChI is InChI=1S/C16H19ClN4O/c1-11-5-3-4-6-12(11)13-9-21(7-8-22-13)16-14(18-2)15(17)19-10-20-16/h3-6,10,13,18H,7-9H2,1-2H3. The van der Waals surface area contributed by atoms with Gasteiger partial charge in [0.25, 0.3) is 0 Å². The van der Waals surface area contributed by atoms with Gasteiger partial charge >= 0.3 is 0 Å². The molecule has 1 aromatic heterocycles. The molecule has 2 aromatic rings. The Labute approximate surface area is 135 Å². The lowest BCUT2D eigenvalue weighted by atomic mass is 10.0. The molecule has 1 aromatic carbocycles. The van der Waals surface area contributed by atoms with E-state index in [1.54, 1.807) is 0 Å². The first-order valence-electron chi connectivity index (χ1n) is 7.31. The zero-order chi connectivity index (χ0) is 15.5. The van der Waals surface area contributed by atoms with E-state index < -0.39 is 0 Å². The summed E-state index contributed by atoms with van der Waals surface area (Å²) in [5.74, 6) is 0.824. The number of morpholine rings is 1. The van der Waals surface area contributed by atoms with E-state index in [-0.39, 0.29) is 6.10 Å². The number of aryl methyl sites for hydroxylation is 1. The second kappa shape index (κ2) is 6.50. The zero-order valence-corrected chi connectivity index (χ0v) is 13.5. The van der Waals surface area contributed by atoms with Crippen molar-refractivity contribution in [1.82, 2.24) is 9.97 Å². The number of hydrogen-bond donors (Lipinski definition) is 1. The van der Waals surface area contributed by atoms with Crippen LogP contribution in [0.15, 0.2) is 30.6 Å². The van der Waals surface area contributed by atoms with Gasteiger partial charge in [-0.3, -0.25) is 0 Å². The quantitative estimate of drug-likeness (QED) is 0.881. The van der Waals surface area contributed by atoms with Crippen molar-refractivity contribution in [2.24, 2.45) is 0 Å². The topological polar surface area (TPSA) is 50.3 Å². The molecular formula is C16H19ClN4O. The first kappa shape index (κ1) is 15.1. The Hall–Kier alpha value is -1.85. The van der Waals surface area contributed by atoms with Crippen molar-refractivity contribution >= 4 is 23.1 Å². The summed E-state index contributed by atoms with van der Waals surface area (Å²) >= 11 is 6.16. The molecule has 1 N–H and O–H groups in total. The van der Waals surface area contributed by atoms with Crippen LogP contribution in [0.4, 0.5) is 11.5 Å². The molecule has 0 bridgehead atoms. The maximum atomic E-state index is 6.16. The van der Waals surface area contributed by atoms with Crippen LogP contribution in [0.5, 0.6) is 0 Å². The number of halogens is 1. The van der Waals surface area contributed by atoms with Gasteiger partial charge in [0.2, 0.25) is 0 Å². The highest BCUT2D eigenvalue weighted by atomic mass is 35.5. The number of aromatic nitrogens is 2. The molecule has 0 spiro atoms. The second-order valence-corrected chi connectivity index (χ2v) is 5.63.